The molecule has 0 saturated carbocycles. The second-order valence-corrected chi connectivity index (χ2v) is 7.12. The van der Waals surface area contributed by atoms with Crippen molar-refractivity contribution in [1.29, 1.82) is 0 Å². The van der Waals surface area contributed by atoms with Crippen LogP contribution in [0.25, 0.3) is 0 Å². The number of hydrogen-bond donors (Lipinski definition) is 0. The van der Waals surface area contributed by atoms with Gasteiger partial charge < -0.3 is 19.4 Å². The molecule has 0 aliphatic carbocycles. The summed E-state index contributed by atoms with van der Waals surface area (Å²) in [4.78, 5) is 27.8. The van der Waals surface area contributed by atoms with Crippen LogP contribution < -0.4 is 4.74 Å². The van der Waals surface area contributed by atoms with Crippen LogP contribution in [0.1, 0.15) is 12.5 Å². The Morgan fingerprint density at radius 3 is 2.78 bits per heavy atom. The molecule has 3 aliphatic rings. The third-order valence-electron chi connectivity index (χ3n) is 5.23. The van der Waals surface area contributed by atoms with E-state index in [4.69, 9.17) is 4.74 Å². The van der Waals surface area contributed by atoms with Crippen LogP contribution in [-0.4, -0.2) is 78.2 Å². The van der Waals surface area contributed by atoms with Gasteiger partial charge in [-0.05, 0) is 25.5 Å². The maximum absolute atomic E-state index is 12.5. The number of carbonyl (C=O) groups is 1. The van der Waals surface area contributed by atoms with E-state index < -0.39 is 0 Å². The molecule has 0 N–H and O–H groups in total. The maximum atomic E-state index is 12.5. The number of ether oxygens (including phenoxy) is 1. The van der Waals surface area contributed by atoms with Crippen molar-refractivity contribution in [3.63, 3.8) is 0 Å². The number of nitrogens with zero attached hydrogens (tertiary/aromatic N) is 5. The van der Waals surface area contributed by atoms with Crippen molar-refractivity contribution >= 4 is 18.1 Å². The summed E-state index contributed by atoms with van der Waals surface area (Å²) in [6, 6.07) is 8.13. The first-order valence-corrected chi connectivity index (χ1v) is 9.41. The highest BCUT2D eigenvalue weighted by Gasteiger charge is 2.28. The molecule has 0 radical (unpaired) electrons. The first-order valence-electron chi connectivity index (χ1n) is 9.41. The zero-order chi connectivity index (χ0) is 18.8. The van der Waals surface area contributed by atoms with E-state index in [1.165, 1.54) is 0 Å². The maximum Gasteiger partial charge on any atom is 0.260 e. The summed E-state index contributed by atoms with van der Waals surface area (Å²) in [6.45, 7) is 7.90. The van der Waals surface area contributed by atoms with Crippen LogP contribution in [-0.2, 0) is 4.79 Å². The molecule has 1 atom stereocenters. The summed E-state index contributed by atoms with van der Waals surface area (Å²) in [5.74, 6) is 2.71. The van der Waals surface area contributed by atoms with Crippen molar-refractivity contribution in [2.24, 2.45) is 9.98 Å². The normalized spacial score (nSPS) is 21.7. The van der Waals surface area contributed by atoms with Gasteiger partial charge in [0.15, 0.2) is 6.61 Å². The van der Waals surface area contributed by atoms with E-state index in [1.807, 2.05) is 48.5 Å². The highest BCUT2D eigenvalue weighted by molar-refractivity contribution is 6.03. The summed E-state index contributed by atoms with van der Waals surface area (Å²) >= 11 is 0. The van der Waals surface area contributed by atoms with Gasteiger partial charge in [0.25, 0.3) is 5.91 Å². The second kappa shape index (κ2) is 7.42. The van der Waals surface area contributed by atoms with Crippen molar-refractivity contribution < 1.29 is 9.53 Å². The van der Waals surface area contributed by atoms with Gasteiger partial charge in [-0.2, -0.15) is 0 Å². The first kappa shape index (κ1) is 17.6. The fraction of sp³-hybridized carbons (Fsp3) is 0.450. The molecule has 0 bridgehead atoms. The van der Waals surface area contributed by atoms with Gasteiger partial charge in [-0.25, -0.2) is 4.99 Å². The number of piperazine rings is 1. The fourth-order valence-corrected chi connectivity index (χ4v) is 3.50. The quantitative estimate of drug-likeness (QED) is 0.809. The average Bonchev–Trinajstić information content (AvgIpc) is 3.07. The highest BCUT2D eigenvalue weighted by Crippen LogP contribution is 2.20. The molecule has 0 spiro atoms. The zero-order valence-corrected chi connectivity index (χ0v) is 15.8. The van der Waals surface area contributed by atoms with Crippen LogP contribution in [0.3, 0.4) is 0 Å². The number of carbonyl (C=O) groups excluding carboxylic acids is 1. The monoisotopic (exact) mass is 367 g/mol. The van der Waals surface area contributed by atoms with Crippen LogP contribution in [0.2, 0.25) is 0 Å². The molecule has 27 heavy (non-hydrogen) atoms. The molecular weight excluding hydrogens is 342 g/mol. The molecule has 3 aliphatic heterocycles. The van der Waals surface area contributed by atoms with Crippen LogP contribution in [0.15, 0.2) is 46.1 Å². The van der Waals surface area contributed by atoms with Gasteiger partial charge in [0, 0.05) is 32.3 Å². The number of fused-ring (bicyclic) bond motifs is 1. The molecule has 0 aromatic heterocycles. The third-order valence-corrected chi connectivity index (χ3v) is 5.23. The summed E-state index contributed by atoms with van der Waals surface area (Å²) in [5, 5.41) is 0. The van der Waals surface area contributed by atoms with Gasteiger partial charge in [0.1, 0.15) is 17.4 Å². The summed E-state index contributed by atoms with van der Waals surface area (Å²) in [7, 11) is 0. The Labute approximate surface area is 159 Å². The predicted octanol–water partition coefficient (Wildman–Crippen LogP) is 1.50. The van der Waals surface area contributed by atoms with Crippen molar-refractivity contribution in [3.05, 3.63) is 41.7 Å². The third kappa shape index (κ3) is 3.67. The van der Waals surface area contributed by atoms with Gasteiger partial charge in [-0.3, -0.25) is 9.79 Å². The molecule has 1 amide bonds. The summed E-state index contributed by atoms with van der Waals surface area (Å²) in [6.07, 6.45) is 3.92. The second-order valence-electron chi connectivity index (χ2n) is 7.12. The number of hydrogen-bond acceptors (Lipinski definition) is 6. The first-order chi connectivity index (χ1) is 13.1. The topological polar surface area (TPSA) is 60.7 Å². The van der Waals surface area contributed by atoms with E-state index in [0.717, 1.165) is 42.6 Å². The van der Waals surface area contributed by atoms with Crippen molar-refractivity contribution in [3.8, 4) is 5.75 Å². The van der Waals surface area contributed by atoms with Crippen molar-refractivity contribution in [2.45, 2.75) is 19.9 Å². The molecule has 142 valence electrons. The lowest BCUT2D eigenvalue weighted by Gasteiger charge is -2.37. The standard InChI is InChI=1S/C20H25N5O2/c1-15-5-3-4-6-17(15)27-13-20(26)24-9-7-23(8-10-24)18-11-19-21-12-16(2)25(19)14-22-18/h3-6,11,14,16H,7-10,12-13H2,1-2H3. The summed E-state index contributed by atoms with van der Waals surface area (Å²) in [5.41, 5.74) is 1.04. The molecule has 4 rings (SSSR count). The molecule has 1 aromatic carbocycles. The summed E-state index contributed by atoms with van der Waals surface area (Å²) < 4.78 is 5.69. The van der Waals surface area contributed by atoms with E-state index in [9.17, 15) is 4.79 Å². The number of aryl methyl sites for hydroxylation is 1. The smallest absolute Gasteiger partial charge is 0.260 e. The Kier molecular flexibility index (Phi) is 4.83. The van der Waals surface area contributed by atoms with Crippen molar-refractivity contribution in [2.75, 3.05) is 39.3 Å². The highest BCUT2D eigenvalue weighted by atomic mass is 16.5. The number of aliphatic imine (C=N–C) groups is 2. The Hall–Kier alpha value is -2.83. The van der Waals surface area contributed by atoms with Crippen molar-refractivity contribution in [1.82, 2.24) is 14.7 Å². The molecule has 3 heterocycles. The van der Waals surface area contributed by atoms with Gasteiger partial charge in [-0.1, -0.05) is 18.2 Å². The number of rotatable bonds is 4. The van der Waals surface area contributed by atoms with E-state index in [0.29, 0.717) is 19.1 Å². The van der Waals surface area contributed by atoms with Gasteiger partial charge in [0.05, 0.1) is 18.9 Å². The van der Waals surface area contributed by atoms with Crippen LogP contribution in [0, 0.1) is 6.92 Å². The number of para-hydroxylation sites is 1. The minimum absolute atomic E-state index is 0.0270. The van der Waals surface area contributed by atoms with E-state index in [1.54, 1.807) is 0 Å². The molecule has 7 heteroatoms. The largest absolute Gasteiger partial charge is 0.484 e. The molecule has 1 fully saturated rings. The predicted molar refractivity (Wildman–Crippen MR) is 105 cm³/mol. The molecule has 1 unspecified atom stereocenters. The minimum atomic E-state index is 0.0270. The minimum Gasteiger partial charge on any atom is -0.484 e. The molecule has 1 saturated heterocycles. The lowest BCUT2D eigenvalue weighted by Crippen LogP contribution is -2.50. The molecule has 1 aromatic rings. The van der Waals surface area contributed by atoms with Gasteiger partial charge >= 0.3 is 0 Å². The number of amidine groups is 1. The van der Waals surface area contributed by atoms with Crippen LogP contribution in [0.5, 0.6) is 5.75 Å². The van der Waals surface area contributed by atoms with E-state index in [2.05, 4.69) is 26.7 Å². The molecule has 7 nitrogen and oxygen atoms in total. The van der Waals surface area contributed by atoms with Crippen LogP contribution >= 0.6 is 0 Å². The lowest BCUT2D eigenvalue weighted by atomic mass is 10.2. The zero-order valence-electron chi connectivity index (χ0n) is 15.8. The Bertz CT molecular complexity index is 808. The van der Waals surface area contributed by atoms with Gasteiger partial charge in [-0.15, -0.1) is 0 Å². The lowest BCUT2D eigenvalue weighted by molar-refractivity contribution is -0.134. The SMILES string of the molecule is Cc1ccccc1OCC(=O)N1CCN(C2=CC3=NCC(C)N3C=N2)CC1. The number of benzene rings is 1. The average molecular weight is 367 g/mol. The van der Waals surface area contributed by atoms with E-state index >= 15 is 0 Å². The Morgan fingerprint density at radius 1 is 1.22 bits per heavy atom. The Morgan fingerprint density at radius 2 is 2.00 bits per heavy atom. The molecular formula is C20H25N5O2. The number of amides is 1. The fourth-order valence-electron chi connectivity index (χ4n) is 3.50. The van der Waals surface area contributed by atoms with Gasteiger partial charge in [0.2, 0.25) is 0 Å². The van der Waals surface area contributed by atoms with Crippen LogP contribution in [0.4, 0.5) is 0 Å². The Balaban J connectivity index is 1.29. The van der Waals surface area contributed by atoms with E-state index in [-0.39, 0.29) is 12.5 Å².